The van der Waals surface area contributed by atoms with Gasteiger partial charge in [0.15, 0.2) is 0 Å². The van der Waals surface area contributed by atoms with Crippen molar-refractivity contribution >= 4 is 22.4 Å². The predicted octanol–water partition coefficient (Wildman–Crippen LogP) is 3.82. The van der Waals surface area contributed by atoms with Gasteiger partial charge in [0.25, 0.3) is 5.56 Å². The lowest BCUT2D eigenvalue weighted by Crippen LogP contribution is -2.27. The topological polar surface area (TPSA) is 92.7 Å². The van der Waals surface area contributed by atoms with E-state index < -0.39 is 11.2 Å². The maximum absolute atomic E-state index is 12.4. The van der Waals surface area contributed by atoms with Crippen molar-refractivity contribution in [3.63, 3.8) is 0 Å². The Kier molecular flexibility index (Phi) is 4.73. The minimum Gasteiger partial charge on any atom is -0.340 e. The second kappa shape index (κ2) is 7.26. The highest BCUT2D eigenvalue weighted by molar-refractivity contribution is 5.94. The largest absolute Gasteiger partial charge is 0.340 e. The van der Waals surface area contributed by atoms with Crippen molar-refractivity contribution in [3.05, 3.63) is 87.0 Å². The summed E-state index contributed by atoms with van der Waals surface area (Å²) in [6, 6.07) is 13.2. The number of H-pyrrole nitrogens is 1. The van der Waals surface area contributed by atoms with Gasteiger partial charge in [-0.3, -0.25) is 14.3 Å². The molecule has 0 bridgehead atoms. The Morgan fingerprint density at radius 2 is 1.73 bits per heavy atom. The molecular weight excluding hydrogens is 378 g/mol. The molecule has 0 radical (unpaired) electrons. The lowest BCUT2D eigenvalue weighted by atomic mass is 9.85. The van der Waals surface area contributed by atoms with Crippen LogP contribution in [0, 0.1) is 6.92 Å². The number of hydrogen-bond acceptors (Lipinski definition) is 5. The van der Waals surface area contributed by atoms with Crippen LogP contribution >= 0.6 is 0 Å². The summed E-state index contributed by atoms with van der Waals surface area (Å²) >= 11 is 0. The fourth-order valence-corrected chi connectivity index (χ4v) is 3.36. The predicted molar refractivity (Wildman–Crippen MR) is 119 cm³/mol. The molecule has 7 nitrogen and oxygen atoms in total. The Morgan fingerprint density at radius 3 is 2.40 bits per heavy atom. The number of nitrogens with one attached hydrogen (secondary N) is 2. The van der Waals surface area contributed by atoms with Crippen molar-refractivity contribution in [1.82, 2.24) is 19.5 Å². The molecule has 30 heavy (non-hydrogen) atoms. The standard InChI is InChI=1S/C23H23N5O2/c1-14-5-7-15(8-6-14)26-21-17-11-16(28-10-9-19(29)27-22(28)30)12-18(23(2,3)4)20(17)24-13-25-21/h5-13H,1-4H3,(H,24,25,26)(H,27,29,30). The lowest BCUT2D eigenvalue weighted by molar-refractivity contribution is 0.594. The third-order valence-electron chi connectivity index (χ3n) is 4.95. The average Bonchev–Trinajstić information content (AvgIpc) is 2.68. The molecule has 2 N–H and O–H groups in total. The maximum Gasteiger partial charge on any atom is 0.332 e. The van der Waals surface area contributed by atoms with Crippen molar-refractivity contribution < 1.29 is 0 Å². The molecule has 2 aromatic heterocycles. The first kappa shape index (κ1) is 19.6. The highest BCUT2D eigenvalue weighted by atomic mass is 16.2. The molecule has 0 unspecified atom stereocenters. The van der Waals surface area contributed by atoms with Gasteiger partial charge in [-0.2, -0.15) is 0 Å². The Labute approximate surface area is 173 Å². The summed E-state index contributed by atoms with van der Waals surface area (Å²) in [5, 5.41) is 4.15. The van der Waals surface area contributed by atoms with Crippen LogP contribution in [0.15, 0.2) is 64.6 Å². The van der Waals surface area contributed by atoms with Crippen LogP contribution in [-0.4, -0.2) is 19.5 Å². The van der Waals surface area contributed by atoms with Crippen LogP contribution in [-0.2, 0) is 5.41 Å². The number of nitrogens with zero attached hydrogens (tertiary/aromatic N) is 3. The molecule has 0 saturated heterocycles. The number of rotatable bonds is 3. The Hall–Kier alpha value is -3.74. The highest BCUT2D eigenvalue weighted by Crippen LogP contribution is 2.34. The van der Waals surface area contributed by atoms with Crippen LogP contribution in [0.5, 0.6) is 0 Å². The summed E-state index contributed by atoms with van der Waals surface area (Å²) in [7, 11) is 0. The lowest BCUT2D eigenvalue weighted by Gasteiger charge is -2.23. The quantitative estimate of drug-likeness (QED) is 0.544. The molecule has 4 rings (SSSR count). The molecule has 0 amide bonds. The number of aromatic nitrogens is 4. The molecule has 152 valence electrons. The molecule has 0 fully saturated rings. The third kappa shape index (κ3) is 3.74. The molecule has 0 aliphatic carbocycles. The summed E-state index contributed by atoms with van der Waals surface area (Å²) in [6.07, 6.45) is 3.02. The number of aromatic amines is 1. The van der Waals surface area contributed by atoms with E-state index in [2.05, 4.69) is 41.0 Å². The Bertz CT molecular complexity index is 1350. The molecule has 0 spiro atoms. The number of fused-ring (bicyclic) bond motifs is 1. The van der Waals surface area contributed by atoms with Gasteiger partial charge in [-0.25, -0.2) is 14.8 Å². The Balaban J connectivity index is 1.97. The zero-order valence-electron chi connectivity index (χ0n) is 17.4. The first-order chi connectivity index (χ1) is 14.2. The van der Waals surface area contributed by atoms with E-state index in [-0.39, 0.29) is 5.41 Å². The van der Waals surface area contributed by atoms with Crippen molar-refractivity contribution in [2.24, 2.45) is 0 Å². The molecule has 0 aliphatic heterocycles. The minimum absolute atomic E-state index is 0.227. The normalized spacial score (nSPS) is 11.6. The van der Waals surface area contributed by atoms with Crippen molar-refractivity contribution in [2.75, 3.05) is 5.32 Å². The van der Waals surface area contributed by atoms with Gasteiger partial charge in [-0.1, -0.05) is 38.5 Å². The minimum atomic E-state index is -0.494. The molecular formula is C23H23N5O2. The molecule has 7 heteroatoms. The van der Waals surface area contributed by atoms with E-state index in [1.807, 2.05) is 43.3 Å². The maximum atomic E-state index is 12.4. The Morgan fingerprint density at radius 1 is 1.00 bits per heavy atom. The second-order valence-electron chi connectivity index (χ2n) is 8.33. The van der Waals surface area contributed by atoms with E-state index in [1.54, 1.807) is 6.33 Å². The number of benzene rings is 2. The zero-order valence-corrected chi connectivity index (χ0v) is 17.4. The molecule has 4 aromatic rings. The van der Waals surface area contributed by atoms with Crippen molar-refractivity contribution in [1.29, 1.82) is 0 Å². The van der Waals surface area contributed by atoms with E-state index in [9.17, 15) is 9.59 Å². The van der Waals surface area contributed by atoms with E-state index in [1.165, 1.54) is 22.4 Å². The van der Waals surface area contributed by atoms with Crippen LogP contribution < -0.4 is 16.6 Å². The van der Waals surface area contributed by atoms with Gasteiger partial charge in [0, 0.05) is 23.3 Å². The summed E-state index contributed by atoms with van der Waals surface area (Å²) in [6.45, 7) is 8.32. The van der Waals surface area contributed by atoms with E-state index in [4.69, 9.17) is 0 Å². The van der Waals surface area contributed by atoms with Gasteiger partial charge in [-0.05, 0) is 42.2 Å². The van der Waals surface area contributed by atoms with Crippen LogP contribution in [0.1, 0.15) is 31.9 Å². The van der Waals surface area contributed by atoms with Crippen LogP contribution in [0.3, 0.4) is 0 Å². The van der Waals surface area contributed by atoms with E-state index in [0.29, 0.717) is 11.5 Å². The summed E-state index contributed by atoms with van der Waals surface area (Å²) in [4.78, 5) is 35.2. The molecule has 0 atom stereocenters. The fourth-order valence-electron chi connectivity index (χ4n) is 3.36. The number of anilines is 2. The first-order valence-corrected chi connectivity index (χ1v) is 9.68. The SMILES string of the molecule is Cc1ccc(Nc2ncnc3c(C(C)(C)C)cc(-n4ccc(=O)[nH]c4=O)cc23)cc1. The smallest absolute Gasteiger partial charge is 0.332 e. The van der Waals surface area contributed by atoms with Crippen LogP contribution in [0.4, 0.5) is 11.5 Å². The third-order valence-corrected chi connectivity index (χ3v) is 4.95. The van der Waals surface area contributed by atoms with Gasteiger partial charge in [-0.15, -0.1) is 0 Å². The molecule has 2 aromatic carbocycles. The first-order valence-electron chi connectivity index (χ1n) is 9.68. The molecule has 0 aliphatic rings. The van der Waals surface area contributed by atoms with Gasteiger partial charge >= 0.3 is 5.69 Å². The number of hydrogen-bond donors (Lipinski definition) is 2. The monoisotopic (exact) mass is 401 g/mol. The van der Waals surface area contributed by atoms with E-state index >= 15 is 0 Å². The summed E-state index contributed by atoms with van der Waals surface area (Å²) in [5.41, 5.74) is 3.35. The van der Waals surface area contributed by atoms with Crippen molar-refractivity contribution in [3.8, 4) is 5.69 Å². The van der Waals surface area contributed by atoms with Gasteiger partial charge in [0.2, 0.25) is 0 Å². The second-order valence-corrected chi connectivity index (χ2v) is 8.33. The highest BCUT2D eigenvalue weighted by Gasteiger charge is 2.21. The van der Waals surface area contributed by atoms with Gasteiger partial charge < -0.3 is 5.32 Å². The van der Waals surface area contributed by atoms with Crippen LogP contribution in [0.25, 0.3) is 16.6 Å². The zero-order chi connectivity index (χ0) is 21.5. The fraction of sp³-hybridized carbons (Fsp3) is 0.217. The molecule has 0 saturated carbocycles. The van der Waals surface area contributed by atoms with Crippen molar-refractivity contribution in [2.45, 2.75) is 33.1 Å². The van der Waals surface area contributed by atoms with Gasteiger partial charge in [0.1, 0.15) is 12.1 Å². The summed E-state index contributed by atoms with van der Waals surface area (Å²) in [5.74, 6) is 0.647. The van der Waals surface area contributed by atoms with Gasteiger partial charge in [0.05, 0.1) is 11.2 Å². The van der Waals surface area contributed by atoms with Crippen LogP contribution in [0.2, 0.25) is 0 Å². The van der Waals surface area contributed by atoms with E-state index in [0.717, 1.165) is 22.2 Å². The molecule has 2 heterocycles. The number of aryl methyl sites for hydroxylation is 1. The average molecular weight is 401 g/mol. The summed E-state index contributed by atoms with van der Waals surface area (Å²) < 4.78 is 1.42.